The molecule has 0 heterocycles. The van der Waals surface area contributed by atoms with Gasteiger partial charge in [0.05, 0.1) is 24.0 Å². The number of rotatable bonds is 10. The average molecular weight is 833 g/mol. The number of fused-ring (bicyclic) bond motifs is 2. The van der Waals surface area contributed by atoms with Gasteiger partial charge in [-0.2, -0.15) is 0 Å². The number of benzene rings is 6. The van der Waals surface area contributed by atoms with Gasteiger partial charge in [0.25, 0.3) is 0 Å². The summed E-state index contributed by atoms with van der Waals surface area (Å²) in [4.78, 5) is 11.3. The van der Waals surface area contributed by atoms with E-state index in [0.717, 1.165) is 12.1 Å². The first-order valence-electron chi connectivity index (χ1n) is 15.4. The maximum atomic E-state index is 13.0. The predicted octanol–water partition coefficient (Wildman–Crippen LogP) is 1.71. The molecule has 21 heteroatoms. The van der Waals surface area contributed by atoms with Gasteiger partial charge in [0.1, 0.15) is 54.5 Å². The van der Waals surface area contributed by atoms with Crippen molar-refractivity contribution in [2.45, 2.75) is 9.79 Å². The Kier molecular flexibility index (Phi) is 14.7. The Labute approximate surface area is 384 Å². The van der Waals surface area contributed by atoms with Crippen LogP contribution >= 0.6 is 0 Å². The van der Waals surface area contributed by atoms with E-state index in [1.807, 2.05) is 0 Å². The smallest absolute Gasteiger partial charge is 0.744 e. The fraction of sp³-hybridized carbons (Fsp3) is 0.0571. The van der Waals surface area contributed by atoms with Gasteiger partial charge in [-0.05, 0) is 83.6 Å². The van der Waals surface area contributed by atoms with Crippen molar-refractivity contribution >= 4 is 81.9 Å². The molecule has 276 valence electrons. The number of carbonyl (C=O) groups is 1. The molecule has 0 fully saturated rings. The van der Waals surface area contributed by atoms with Gasteiger partial charge in [-0.25, -0.2) is 21.6 Å². The monoisotopic (exact) mass is 832 g/mol. The number of nitrogens with zero attached hydrogens (tertiary/aromatic N) is 4. The number of phenols is 2. The van der Waals surface area contributed by atoms with Crippen LogP contribution in [0, 0.1) is 0 Å². The minimum absolute atomic E-state index is 0. The van der Waals surface area contributed by atoms with Crippen LogP contribution in [0.2, 0.25) is 0 Å². The molecular formula is C35H26KN6NaO11S2. The number of azo groups is 2. The summed E-state index contributed by atoms with van der Waals surface area (Å²) in [6.07, 6.45) is 0. The summed E-state index contributed by atoms with van der Waals surface area (Å²) in [5, 5.41) is 42.9. The minimum Gasteiger partial charge on any atom is -0.744 e. The molecule has 0 spiro atoms. The van der Waals surface area contributed by atoms with Gasteiger partial charge in [0, 0.05) is 22.1 Å². The summed E-state index contributed by atoms with van der Waals surface area (Å²) in [6.45, 7) is 0. The Morgan fingerprint density at radius 1 is 0.607 bits per heavy atom. The number of carbonyl (C=O) groups excluding carboxylic acids is 1. The van der Waals surface area contributed by atoms with E-state index in [2.05, 4.69) is 31.1 Å². The molecule has 0 aromatic heterocycles. The number of anilines is 2. The average Bonchev–Trinajstić information content (AvgIpc) is 3.13. The molecule has 0 atom stereocenters. The number of ether oxygens (including phenoxy) is 2. The zero-order valence-corrected chi connectivity index (χ0v) is 36.7. The van der Waals surface area contributed by atoms with Crippen molar-refractivity contribution in [1.82, 2.24) is 0 Å². The fourth-order valence-corrected chi connectivity index (χ4v) is 6.65. The summed E-state index contributed by atoms with van der Waals surface area (Å²) in [7, 11) is -7.58. The van der Waals surface area contributed by atoms with E-state index < -0.39 is 58.9 Å². The molecule has 0 aliphatic rings. The summed E-state index contributed by atoms with van der Waals surface area (Å²) in [5.74, 6) is -0.692. The number of hydrogen-bond acceptors (Lipinski definition) is 15. The number of aromatic hydroxyl groups is 2. The molecule has 2 amide bonds. The molecule has 0 saturated carbocycles. The number of amides is 2. The second kappa shape index (κ2) is 18.5. The Morgan fingerprint density at radius 3 is 1.34 bits per heavy atom. The maximum Gasteiger partial charge on any atom is 1.00 e. The first kappa shape index (κ1) is 44.7. The van der Waals surface area contributed by atoms with Crippen LogP contribution in [0.15, 0.2) is 127 Å². The predicted molar refractivity (Wildman–Crippen MR) is 194 cm³/mol. The van der Waals surface area contributed by atoms with Crippen LogP contribution in [0.4, 0.5) is 38.9 Å². The molecule has 0 radical (unpaired) electrons. The SMILES string of the molecule is COc1ccccc1N=Nc1c(S(=O)(=O)[O-])cc2cc(NC(=O)Nc3ccc4c(O)c(N=Nc5ccccc5OC)c(S(=O)(=O)[O-])cc4c3)ccc2c1O.[K+].[Na+]. The molecule has 4 N–H and O–H groups in total. The van der Waals surface area contributed by atoms with Crippen molar-refractivity contribution in [3.63, 3.8) is 0 Å². The molecule has 56 heavy (non-hydrogen) atoms. The quantitative estimate of drug-likeness (QED) is 0.0877. The normalized spacial score (nSPS) is 11.6. The number of hydrogen-bond donors (Lipinski definition) is 4. The maximum absolute atomic E-state index is 13.0. The summed E-state index contributed by atoms with van der Waals surface area (Å²) < 4.78 is 83.7. The first-order valence-corrected chi connectivity index (χ1v) is 18.2. The van der Waals surface area contributed by atoms with Gasteiger partial charge in [0.15, 0.2) is 11.5 Å². The van der Waals surface area contributed by atoms with E-state index in [9.17, 15) is 40.9 Å². The van der Waals surface area contributed by atoms with Crippen molar-refractivity contribution in [3.8, 4) is 23.0 Å². The van der Waals surface area contributed by atoms with Crippen LogP contribution in [-0.2, 0) is 20.2 Å². The standard InChI is InChI=1S/C35H28N6O11S2.K.Na/c1-51-27-9-5-3-7-25(27)38-40-31-29(53(45,46)47)17-19-15-21(11-13-23(19)33(31)42)36-35(44)37-22-12-14-24-20(16-22)18-30(54(48,49)50)32(34(24)43)41-39-26-8-4-6-10-28(26)52-2;;/h3-18,42-43H,1-2H3,(H2,36,37,44)(H,45,46,47)(H,48,49,50);;/q;2*+1/p-2. The minimum atomic E-state index is -5.19. The molecule has 0 saturated heterocycles. The third-order valence-corrected chi connectivity index (χ3v) is 9.54. The van der Waals surface area contributed by atoms with Crippen LogP contribution < -0.4 is 101 Å². The molecule has 6 rings (SSSR count). The van der Waals surface area contributed by atoms with Gasteiger partial charge in [0.2, 0.25) is 0 Å². The van der Waals surface area contributed by atoms with Crippen molar-refractivity contribution in [2.75, 3.05) is 24.9 Å². The molecule has 6 aromatic carbocycles. The molecule has 0 aliphatic carbocycles. The fourth-order valence-electron chi connectivity index (χ4n) is 5.36. The largest absolute Gasteiger partial charge is 1.00 e. The molecular weight excluding hydrogens is 807 g/mol. The first-order chi connectivity index (χ1) is 25.7. The number of phenolic OH excluding ortho intramolecular Hbond substituents is 2. The van der Waals surface area contributed by atoms with Crippen LogP contribution in [0.25, 0.3) is 21.5 Å². The van der Waals surface area contributed by atoms with Crippen LogP contribution in [-0.4, -0.2) is 56.4 Å². The Bertz CT molecular complexity index is 2590. The van der Waals surface area contributed by atoms with E-state index in [1.165, 1.54) is 62.8 Å². The second-order valence-electron chi connectivity index (χ2n) is 11.2. The Hall–Kier alpha value is -4.03. The van der Waals surface area contributed by atoms with Gasteiger partial charge in [-0.1, -0.05) is 24.3 Å². The third-order valence-electron chi connectivity index (χ3n) is 7.84. The third kappa shape index (κ3) is 9.91. The van der Waals surface area contributed by atoms with Crippen molar-refractivity contribution in [2.24, 2.45) is 20.5 Å². The molecule has 0 aliphatic heterocycles. The van der Waals surface area contributed by atoms with Crippen LogP contribution in [0.5, 0.6) is 23.0 Å². The van der Waals surface area contributed by atoms with Crippen molar-refractivity contribution in [1.29, 1.82) is 0 Å². The molecule has 17 nitrogen and oxygen atoms in total. The molecule has 0 unspecified atom stereocenters. The summed E-state index contributed by atoms with van der Waals surface area (Å²) >= 11 is 0. The summed E-state index contributed by atoms with van der Waals surface area (Å²) in [6, 6.07) is 22.1. The van der Waals surface area contributed by atoms with Gasteiger partial charge in [-0.3, -0.25) is 0 Å². The number of nitrogens with one attached hydrogen (secondary N) is 2. The number of urea groups is 1. The van der Waals surface area contributed by atoms with E-state index in [4.69, 9.17) is 9.47 Å². The van der Waals surface area contributed by atoms with E-state index in [0.29, 0.717) is 11.5 Å². The van der Waals surface area contributed by atoms with Crippen molar-refractivity contribution < 1.29 is 131 Å². The summed E-state index contributed by atoms with van der Waals surface area (Å²) in [5.41, 5.74) is -0.558. The zero-order chi connectivity index (χ0) is 38.8. The van der Waals surface area contributed by atoms with E-state index >= 15 is 0 Å². The van der Waals surface area contributed by atoms with Gasteiger partial charge >= 0.3 is 87.0 Å². The topological polar surface area (TPSA) is 264 Å². The molecule has 0 bridgehead atoms. The van der Waals surface area contributed by atoms with Crippen LogP contribution in [0.3, 0.4) is 0 Å². The number of methoxy groups -OCH3 is 2. The Balaban J connectivity index is 0.00000348. The second-order valence-corrected chi connectivity index (χ2v) is 13.9. The zero-order valence-electron chi connectivity index (χ0n) is 29.9. The van der Waals surface area contributed by atoms with Crippen LogP contribution in [0.1, 0.15) is 0 Å². The Morgan fingerprint density at radius 2 is 0.982 bits per heavy atom. The molecule has 6 aromatic rings. The number of para-hydroxylation sites is 2. The van der Waals surface area contributed by atoms with E-state index in [1.54, 1.807) is 36.4 Å². The van der Waals surface area contributed by atoms with E-state index in [-0.39, 0.29) is 125 Å². The van der Waals surface area contributed by atoms with Crippen molar-refractivity contribution in [3.05, 3.63) is 97.1 Å². The van der Waals surface area contributed by atoms with Gasteiger partial charge < -0.3 is 39.4 Å². The van der Waals surface area contributed by atoms with Gasteiger partial charge in [-0.15, -0.1) is 20.5 Å².